The summed E-state index contributed by atoms with van der Waals surface area (Å²) in [5, 5.41) is 0. The Balaban J connectivity index is 1.90. The maximum absolute atomic E-state index is 5.59. The van der Waals surface area contributed by atoms with Crippen LogP contribution in [0.4, 0.5) is 0 Å². The normalized spacial score (nSPS) is 10.5. The summed E-state index contributed by atoms with van der Waals surface area (Å²) in [6.45, 7) is 0. The lowest BCUT2D eigenvalue weighted by atomic mass is 10.0. The molecule has 0 spiro atoms. The van der Waals surface area contributed by atoms with E-state index >= 15 is 0 Å². The summed E-state index contributed by atoms with van der Waals surface area (Å²) < 4.78 is 44.7. The summed E-state index contributed by atoms with van der Waals surface area (Å²) in [5.74, 6) is 30.2. The number of rotatable bonds is 8. The lowest BCUT2D eigenvalue weighted by Gasteiger charge is -2.11. The molecule has 0 saturated heterocycles. The predicted molar refractivity (Wildman–Crippen MR) is 182 cm³/mol. The summed E-state index contributed by atoms with van der Waals surface area (Å²) in [5.41, 5.74) is 4.86. The van der Waals surface area contributed by atoms with Crippen LogP contribution < -0.4 is 37.9 Å². The smallest absolute Gasteiger partial charge is 0.162 e. The van der Waals surface area contributed by atoms with E-state index in [2.05, 4.69) is 47.4 Å². The Morgan fingerprint density at radius 2 is 0.333 bits per heavy atom. The third kappa shape index (κ3) is 6.70. The Hall–Kier alpha value is -6.48. The molecule has 0 heterocycles. The second-order valence-corrected chi connectivity index (χ2v) is 10.0. The molecule has 8 heteroatoms. The van der Waals surface area contributed by atoms with Crippen molar-refractivity contribution in [1.29, 1.82) is 0 Å². The van der Waals surface area contributed by atoms with E-state index in [9.17, 15) is 0 Å². The van der Waals surface area contributed by atoms with Gasteiger partial charge >= 0.3 is 0 Å². The van der Waals surface area contributed by atoms with Gasteiger partial charge in [0.2, 0.25) is 0 Å². The quantitative estimate of drug-likeness (QED) is 0.201. The highest BCUT2D eigenvalue weighted by Gasteiger charge is 2.14. The molecule has 5 rings (SSSR count). The minimum atomic E-state index is 0.507. The lowest BCUT2D eigenvalue weighted by Crippen LogP contribution is -1.97. The van der Waals surface area contributed by atoms with Gasteiger partial charge in [0.1, 0.15) is 0 Å². The summed E-state index contributed by atoms with van der Waals surface area (Å²) >= 11 is 0. The van der Waals surface area contributed by atoms with E-state index in [1.807, 2.05) is 0 Å². The first-order valence-electron chi connectivity index (χ1n) is 14.5. The monoisotopic (exact) mass is 640 g/mol. The van der Waals surface area contributed by atoms with Crippen molar-refractivity contribution < 1.29 is 37.9 Å². The molecule has 0 N–H and O–H groups in total. The van der Waals surface area contributed by atoms with Crippen molar-refractivity contribution in [2.45, 2.75) is 0 Å². The summed E-state index contributed by atoms with van der Waals surface area (Å²) in [6.07, 6.45) is 0. The van der Waals surface area contributed by atoms with E-state index in [1.165, 1.54) is 0 Å². The lowest BCUT2D eigenvalue weighted by molar-refractivity contribution is 0.354. The van der Waals surface area contributed by atoms with Gasteiger partial charge in [-0.05, 0) is 0 Å². The van der Waals surface area contributed by atoms with Crippen LogP contribution in [0.5, 0.6) is 46.0 Å². The van der Waals surface area contributed by atoms with Gasteiger partial charge in [0.15, 0.2) is 46.0 Å². The van der Waals surface area contributed by atoms with Crippen LogP contribution in [0, 0.1) is 47.4 Å². The topological polar surface area (TPSA) is 73.8 Å². The number of hydrogen-bond acceptors (Lipinski definition) is 8. The molecule has 0 unspecified atom stereocenters. The largest absolute Gasteiger partial charge is 0.493 e. The van der Waals surface area contributed by atoms with Crippen LogP contribution in [0.3, 0.4) is 0 Å². The highest BCUT2D eigenvalue weighted by molar-refractivity contribution is 5.68. The molecule has 0 saturated carbocycles. The van der Waals surface area contributed by atoms with Gasteiger partial charge in [-0.25, -0.2) is 0 Å². The van der Waals surface area contributed by atoms with Crippen molar-refractivity contribution >= 4 is 0 Å². The second kappa shape index (κ2) is 14.7. The van der Waals surface area contributed by atoms with E-state index in [4.69, 9.17) is 37.9 Å². The first-order valence-corrected chi connectivity index (χ1v) is 14.5. The van der Waals surface area contributed by atoms with Crippen LogP contribution in [-0.4, -0.2) is 56.9 Å². The minimum Gasteiger partial charge on any atom is -0.493 e. The van der Waals surface area contributed by atoms with Crippen LogP contribution >= 0.6 is 0 Å². The van der Waals surface area contributed by atoms with Crippen molar-refractivity contribution in [1.82, 2.24) is 0 Å². The molecular weight excluding hydrogens is 608 g/mol. The molecule has 0 atom stereocenters. The molecule has 0 fully saturated rings. The molecule has 48 heavy (non-hydrogen) atoms. The Labute approximate surface area is 280 Å². The van der Waals surface area contributed by atoms with Crippen LogP contribution in [0.15, 0.2) is 48.5 Å². The summed E-state index contributed by atoms with van der Waals surface area (Å²) in [6, 6.07) is 14.3. The third-order valence-electron chi connectivity index (χ3n) is 7.42. The first kappa shape index (κ1) is 32.9. The molecular formula is C40H32O8. The fourth-order valence-electron chi connectivity index (χ4n) is 4.88. The molecule has 1 aliphatic carbocycles. The predicted octanol–water partition coefficient (Wildman–Crippen LogP) is 5.67. The molecule has 0 aromatic heterocycles. The fourth-order valence-corrected chi connectivity index (χ4v) is 4.88. The maximum Gasteiger partial charge on any atom is 0.162 e. The average molecular weight is 641 g/mol. The van der Waals surface area contributed by atoms with Gasteiger partial charge in [0.05, 0.1) is 56.9 Å². The van der Waals surface area contributed by atoms with Crippen LogP contribution in [0.1, 0.15) is 44.5 Å². The number of fused-ring (bicyclic) bond motifs is 4. The van der Waals surface area contributed by atoms with Gasteiger partial charge in [0.25, 0.3) is 0 Å². The zero-order valence-electron chi connectivity index (χ0n) is 27.9. The molecule has 0 radical (unpaired) electrons. The van der Waals surface area contributed by atoms with Crippen molar-refractivity contribution in [2.24, 2.45) is 0 Å². The van der Waals surface area contributed by atoms with Crippen molar-refractivity contribution in [2.75, 3.05) is 56.9 Å². The van der Waals surface area contributed by atoms with E-state index in [1.54, 1.807) is 105 Å². The van der Waals surface area contributed by atoms with E-state index < -0.39 is 0 Å². The Morgan fingerprint density at radius 3 is 0.417 bits per heavy atom. The van der Waals surface area contributed by atoms with Crippen LogP contribution in [0.25, 0.3) is 0 Å². The average Bonchev–Trinajstić information content (AvgIpc) is 3.13. The molecule has 0 aliphatic heterocycles. The van der Waals surface area contributed by atoms with E-state index in [0.717, 1.165) is 0 Å². The first-order chi connectivity index (χ1) is 23.4. The number of benzene rings is 4. The molecule has 1 aliphatic rings. The van der Waals surface area contributed by atoms with Crippen molar-refractivity contribution in [3.8, 4) is 93.4 Å². The van der Waals surface area contributed by atoms with Crippen LogP contribution in [-0.2, 0) is 0 Å². The van der Waals surface area contributed by atoms with Gasteiger partial charge in [-0.2, -0.15) is 0 Å². The third-order valence-corrected chi connectivity index (χ3v) is 7.42. The van der Waals surface area contributed by atoms with E-state index in [0.29, 0.717) is 90.5 Å². The second-order valence-electron chi connectivity index (χ2n) is 10.0. The van der Waals surface area contributed by atoms with Crippen molar-refractivity contribution in [3.63, 3.8) is 0 Å². The molecule has 240 valence electrons. The molecule has 4 aromatic carbocycles. The Bertz CT molecular complexity index is 1700. The minimum absolute atomic E-state index is 0.507. The standard InChI is InChI=1S/C40H32O8/c1-41-33-17-25-9-10-27-19-35(43-3)37(45-5)21-29(27)13-14-31-23-39(47-7)40(48-8)24-32(31)16-15-30-22-38(46-6)36(44-4)20-28(30)12-11-26(25)18-34(33)42-2/h17-24H,1-8H3. The maximum atomic E-state index is 5.59. The zero-order valence-corrected chi connectivity index (χ0v) is 27.9. The van der Waals surface area contributed by atoms with Crippen LogP contribution in [0.2, 0.25) is 0 Å². The van der Waals surface area contributed by atoms with Gasteiger partial charge in [0, 0.05) is 93.0 Å². The van der Waals surface area contributed by atoms with Gasteiger partial charge in [-0.3, -0.25) is 0 Å². The SMILES string of the molecule is COc1cc2c(cc1OC)C#Cc1cc(OC)c(OC)cc1C#Cc1cc(OC)c(OC)cc1C#Cc1cc(OC)c(OC)cc1C#C2. The van der Waals surface area contributed by atoms with Gasteiger partial charge in [-0.1, -0.05) is 47.4 Å². The van der Waals surface area contributed by atoms with Crippen molar-refractivity contribution in [3.05, 3.63) is 93.0 Å². The molecule has 0 bridgehead atoms. The van der Waals surface area contributed by atoms with Gasteiger partial charge < -0.3 is 37.9 Å². The number of methoxy groups -OCH3 is 8. The molecule has 0 amide bonds. The number of ether oxygens (including phenoxy) is 8. The summed E-state index contributed by atoms with van der Waals surface area (Å²) in [4.78, 5) is 0. The fraction of sp³-hybridized carbons (Fsp3) is 0.200. The number of hydrogen-bond donors (Lipinski definition) is 0. The molecule has 4 aromatic rings. The molecule has 8 nitrogen and oxygen atoms in total. The zero-order chi connectivity index (χ0) is 34.2. The highest BCUT2D eigenvalue weighted by Crippen LogP contribution is 2.34. The van der Waals surface area contributed by atoms with Gasteiger partial charge in [-0.15, -0.1) is 0 Å². The highest BCUT2D eigenvalue weighted by atomic mass is 16.5. The Kier molecular flexibility index (Phi) is 10.1. The van der Waals surface area contributed by atoms with E-state index in [-0.39, 0.29) is 0 Å². The Morgan fingerprint density at radius 1 is 0.229 bits per heavy atom. The summed E-state index contributed by atoms with van der Waals surface area (Å²) in [7, 11) is 12.5.